The summed E-state index contributed by atoms with van der Waals surface area (Å²) in [5.41, 5.74) is 0. The molecule has 23 heavy (non-hydrogen) atoms. The average Bonchev–Trinajstić information content (AvgIpc) is 2.98. The summed E-state index contributed by atoms with van der Waals surface area (Å²) in [5.74, 6) is 2.10. The molecule has 2 aromatic rings. The predicted octanol–water partition coefficient (Wildman–Crippen LogP) is 2.96. The molecule has 3 rings (SSSR count). The summed E-state index contributed by atoms with van der Waals surface area (Å²) < 4.78 is 15.7. The second-order valence-electron chi connectivity index (χ2n) is 5.94. The van der Waals surface area contributed by atoms with Crippen molar-refractivity contribution in [1.29, 1.82) is 0 Å². The first-order valence-electron chi connectivity index (χ1n) is 7.61. The van der Waals surface area contributed by atoms with E-state index in [0.29, 0.717) is 23.9 Å². The molecule has 1 aromatic carbocycles. The quantitative estimate of drug-likeness (QED) is 0.855. The number of nitrogens with one attached hydrogen (secondary N) is 1. The number of rotatable bonds is 5. The van der Waals surface area contributed by atoms with E-state index in [0.717, 1.165) is 16.5 Å². The summed E-state index contributed by atoms with van der Waals surface area (Å²) in [6.07, 6.45) is 2.37. The Labute approximate surface area is 134 Å². The van der Waals surface area contributed by atoms with Crippen molar-refractivity contribution in [3.63, 3.8) is 0 Å². The van der Waals surface area contributed by atoms with Crippen LogP contribution in [-0.4, -0.2) is 30.9 Å². The molecule has 1 N–H and O–H groups in total. The number of nitrogens with zero attached hydrogens (tertiary/aromatic N) is 1. The molecular formula is C17H20N2O4. The molecular weight excluding hydrogens is 296 g/mol. The Kier molecular flexibility index (Phi) is 4.23. The highest BCUT2D eigenvalue weighted by atomic mass is 16.7. The summed E-state index contributed by atoms with van der Waals surface area (Å²) in [5, 5.41) is 5.07. The van der Waals surface area contributed by atoms with Gasteiger partial charge in [0.15, 0.2) is 11.5 Å². The van der Waals surface area contributed by atoms with Crippen LogP contribution in [0.1, 0.15) is 20.3 Å². The molecule has 2 heterocycles. The average molecular weight is 316 g/mol. The fraction of sp³-hybridized carbons (Fsp3) is 0.412. The van der Waals surface area contributed by atoms with Crippen LogP contribution in [0.3, 0.4) is 0 Å². The molecule has 0 aliphatic carbocycles. The molecule has 0 fully saturated rings. The van der Waals surface area contributed by atoms with E-state index in [4.69, 9.17) is 14.2 Å². The highest BCUT2D eigenvalue weighted by molar-refractivity contribution is 5.95. The van der Waals surface area contributed by atoms with Gasteiger partial charge in [-0.25, -0.2) is 9.78 Å². The lowest BCUT2D eigenvalue weighted by atomic mass is 10.0. The van der Waals surface area contributed by atoms with Gasteiger partial charge in [0.25, 0.3) is 0 Å². The van der Waals surface area contributed by atoms with Crippen LogP contribution in [0.5, 0.6) is 11.5 Å². The Morgan fingerprint density at radius 2 is 2.09 bits per heavy atom. The molecule has 1 atom stereocenters. The monoisotopic (exact) mass is 316 g/mol. The van der Waals surface area contributed by atoms with Crippen molar-refractivity contribution in [3.8, 4) is 11.5 Å². The fourth-order valence-corrected chi connectivity index (χ4v) is 2.67. The highest BCUT2D eigenvalue weighted by Crippen LogP contribution is 2.38. The van der Waals surface area contributed by atoms with Gasteiger partial charge in [-0.1, -0.05) is 13.8 Å². The van der Waals surface area contributed by atoms with Gasteiger partial charge >= 0.3 is 5.97 Å². The molecule has 1 aliphatic rings. The normalized spacial score (nSPS) is 14.1. The molecule has 0 saturated carbocycles. The van der Waals surface area contributed by atoms with Gasteiger partial charge in [-0.15, -0.1) is 0 Å². The molecule has 0 spiro atoms. The summed E-state index contributed by atoms with van der Waals surface area (Å²) in [4.78, 5) is 16.4. The zero-order valence-corrected chi connectivity index (χ0v) is 13.5. The number of fused-ring (bicyclic) bond motifs is 2. The topological polar surface area (TPSA) is 69.7 Å². The Morgan fingerprint density at radius 3 is 2.78 bits per heavy atom. The maximum atomic E-state index is 12.0. The number of carbonyl (C=O) groups is 1. The Balaban J connectivity index is 1.96. The number of aromatic nitrogens is 1. The van der Waals surface area contributed by atoms with Crippen molar-refractivity contribution in [2.75, 3.05) is 19.2 Å². The molecule has 0 amide bonds. The van der Waals surface area contributed by atoms with Crippen LogP contribution in [0.25, 0.3) is 10.8 Å². The number of carbonyl (C=O) groups excluding carboxylic acids is 1. The van der Waals surface area contributed by atoms with Crippen molar-refractivity contribution >= 4 is 22.6 Å². The van der Waals surface area contributed by atoms with E-state index in [2.05, 4.69) is 24.1 Å². The van der Waals surface area contributed by atoms with Crippen LogP contribution < -0.4 is 14.8 Å². The molecule has 1 aromatic heterocycles. The van der Waals surface area contributed by atoms with E-state index >= 15 is 0 Å². The number of hydrogen-bond donors (Lipinski definition) is 1. The Bertz CT molecular complexity index is 730. The second-order valence-corrected chi connectivity index (χ2v) is 5.94. The Morgan fingerprint density at radius 1 is 1.35 bits per heavy atom. The maximum Gasteiger partial charge on any atom is 0.328 e. The first-order chi connectivity index (χ1) is 11.1. The van der Waals surface area contributed by atoms with Gasteiger partial charge in [0, 0.05) is 11.6 Å². The van der Waals surface area contributed by atoms with Gasteiger partial charge in [-0.2, -0.15) is 0 Å². The number of methoxy groups -OCH3 is 1. The summed E-state index contributed by atoms with van der Waals surface area (Å²) >= 11 is 0. The molecule has 0 saturated heterocycles. The molecule has 0 radical (unpaired) electrons. The number of pyridine rings is 1. The second kappa shape index (κ2) is 6.32. The number of ether oxygens (including phenoxy) is 3. The van der Waals surface area contributed by atoms with Gasteiger partial charge in [-0.3, -0.25) is 0 Å². The highest BCUT2D eigenvalue weighted by Gasteiger charge is 2.22. The maximum absolute atomic E-state index is 12.0. The molecule has 6 nitrogen and oxygen atoms in total. The zero-order valence-electron chi connectivity index (χ0n) is 13.5. The number of benzene rings is 1. The molecule has 1 aliphatic heterocycles. The largest absolute Gasteiger partial charge is 0.467 e. The minimum atomic E-state index is -0.441. The predicted molar refractivity (Wildman–Crippen MR) is 86.7 cm³/mol. The summed E-state index contributed by atoms with van der Waals surface area (Å²) in [6.45, 7) is 4.35. The lowest BCUT2D eigenvalue weighted by Crippen LogP contribution is -2.32. The Hall–Kier alpha value is -2.50. The van der Waals surface area contributed by atoms with Crippen molar-refractivity contribution in [2.24, 2.45) is 5.92 Å². The van der Waals surface area contributed by atoms with Gasteiger partial charge < -0.3 is 19.5 Å². The first kappa shape index (κ1) is 15.4. The minimum Gasteiger partial charge on any atom is -0.467 e. The van der Waals surface area contributed by atoms with Gasteiger partial charge in [-0.05, 0) is 35.9 Å². The van der Waals surface area contributed by atoms with Crippen molar-refractivity contribution in [3.05, 3.63) is 24.4 Å². The van der Waals surface area contributed by atoms with Gasteiger partial charge in [0.05, 0.1) is 7.11 Å². The van der Waals surface area contributed by atoms with E-state index in [-0.39, 0.29) is 12.8 Å². The van der Waals surface area contributed by atoms with Crippen molar-refractivity contribution in [1.82, 2.24) is 4.98 Å². The summed E-state index contributed by atoms with van der Waals surface area (Å²) in [7, 11) is 1.39. The molecule has 6 heteroatoms. The third-order valence-corrected chi connectivity index (χ3v) is 3.76. The van der Waals surface area contributed by atoms with Crippen LogP contribution >= 0.6 is 0 Å². The molecule has 0 bridgehead atoms. The molecule has 1 unspecified atom stereocenters. The van der Waals surface area contributed by atoms with E-state index < -0.39 is 6.04 Å². The van der Waals surface area contributed by atoms with E-state index in [1.165, 1.54) is 7.11 Å². The van der Waals surface area contributed by atoms with E-state index in [9.17, 15) is 4.79 Å². The van der Waals surface area contributed by atoms with E-state index in [1.807, 2.05) is 18.2 Å². The zero-order chi connectivity index (χ0) is 16.4. The van der Waals surface area contributed by atoms with Crippen LogP contribution in [0, 0.1) is 5.92 Å². The van der Waals surface area contributed by atoms with E-state index in [1.54, 1.807) is 6.20 Å². The first-order valence-corrected chi connectivity index (χ1v) is 7.61. The number of esters is 1. The molecule has 122 valence electrons. The third kappa shape index (κ3) is 3.16. The van der Waals surface area contributed by atoms with Gasteiger partial charge in [0.1, 0.15) is 11.9 Å². The van der Waals surface area contributed by atoms with Crippen LogP contribution in [0.2, 0.25) is 0 Å². The lowest BCUT2D eigenvalue weighted by molar-refractivity contribution is -0.141. The van der Waals surface area contributed by atoms with Crippen LogP contribution in [0.15, 0.2) is 24.4 Å². The van der Waals surface area contributed by atoms with Crippen LogP contribution in [0.4, 0.5) is 5.82 Å². The number of hydrogen-bond acceptors (Lipinski definition) is 6. The van der Waals surface area contributed by atoms with Crippen molar-refractivity contribution in [2.45, 2.75) is 26.3 Å². The summed E-state index contributed by atoms with van der Waals surface area (Å²) in [6, 6.07) is 5.26. The minimum absolute atomic E-state index is 0.222. The smallest absolute Gasteiger partial charge is 0.328 e. The SMILES string of the molecule is COC(=O)C(CC(C)C)Nc1nccc2cc3c(cc12)OCO3. The third-order valence-electron chi connectivity index (χ3n) is 3.76. The standard InChI is InChI=1S/C17H20N2O4/c1-10(2)6-13(17(20)21-3)19-16-12-8-15-14(22-9-23-15)7-11(12)4-5-18-16/h4-5,7-8,10,13H,6,9H2,1-3H3,(H,18,19). The van der Waals surface area contributed by atoms with Gasteiger partial charge in [0.2, 0.25) is 6.79 Å². The number of anilines is 1. The lowest BCUT2D eigenvalue weighted by Gasteiger charge is -2.19. The van der Waals surface area contributed by atoms with Crippen molar-refractivity contribution < 1.29 is 19.0 Å². The van der Waals surface area contributed by atoms with Crippen LogP contribution in [-0.2, 0) is 9.53 Å². The fourth-order valence-electron chi connectivity index (χ4n) is 2.67.